The molecule has 6 heteroatoms. The molecule has 1 fully saturated rings. The lowest BCUT2D eigenvalue weighted by Crippen LogP contribution is -2.36. The Morgan fingerprint density at radius 1 is 1.22 bits per heavy atom. The molecule has 5 nitrogen and oxygen atoms in total. The molecule has 0 aliphatic heterocycles. The molecule has 2 amide bonds. The van der Waals surface area contributed by atoms with E-state index in [1.807, 2.05) is 24.8 Å². The van der Waals surface area contributed by atoms with Crippen LogP contribution in [0.3, 0.4) is 0 Å². The molecule has 0 radical (unpaired) electrons. The minimum absolute atomic E-state index is 0.0615. The predicted octanol–water partition coefficient (Wildman–Crippen LogP) is 2.43. The van der Waals surface area contributed by atoms with Gasteiger partial charge in [-0.15, -0.1) is 11.8 Å². The Morgan fingerprint density at radius 2 is 1.96 bits per heavy atom. The third kappa shape index (κ3) is 5.88. The Kier molecular flexibility index (Phi) is 6.92. The summed E-state index contributed by atoms with van der Waals surface area (Å²) in [5, 5.41) is 5.99. The lowest BCUT2D eigenvalue weighted by molar-refractivity contribution is -0.123. The van der Waals surface area contributed by atoms with Crippen LogP contribution >= 0.6 is 11.8 Å². The maximum Gasteiger partial charge on any atom is 0.243 e. The highest BCUT2D eigenvalue weighted by molar-refractivity contribution is 8.00. The van der Waals surface area contributed by atoms with Gasteiger partial charge in [-0.3, -0.25) is 9.59 Å². The fourth-order valence-corrected chi connectivity index (χ4v) is 4.02. The van der Waals surface area contributed by atoms with Crippen molar-refractivity contribution in [3.05, 3.63) is 23.8 Å². The minimum Gasteiger partial charge on any atom is -0.346 e. The van der Waals surface area contributed by atoms with Gasteiger partial charge in [0.1, 0.15) is 0 Å². The molecule has 4 N–H and O–H groups in total. The first-order valence-corrected chi connectivity index (χ1v) is 9.00. The Balaban J connectivity index is 1.88. The molecule has 1 aromatic rings. The van der Waals surface area contributed by atoms with E-state index in [0.717, 1.165) is 16.5 Å². The SMILES string of the molecule is Cc1cc(SC2CCCCC2)ccc1NC(=O)CNC(=O)CN. The van der Waals surface area contributed by atoms with Crippen molar-refractivity contribution in [2.45, 2.75) is 49.2 Å². The van der Waals surface area contributed by atoms with Gasteiger partial charge in [-0.2, -0.15) is 0 Å². The molecule has 0 saturated heterocycles. The smallest absolute Gasteiger partial charge is 0.243 e. The van der Waals surface area contributed by atoms with Crippen molar-refractivity contribution in [3.63, 3.8) is 0 Å². The molecule has 0 heterocycles. The van der Waals surface area contributed by atoms with Gasteiger partial charge in [0.2, 0.25) is 11.8 Å². The second-order valence-corrected chi connectivity index (χ2v) is 7.26. The zero-order valence-electron chi connectivity index (χ0n) is 13.6. The second-order valence-electron chi connectivity index (χ2n) is 5.88. The van der Waals surface area contributed by atoms with E-state index in [9.17, 15) is 9.59 Å². The number of amides is 2. The lowest BCUT2D eigenvalue weighted by atomic mass is 10.0. The highest BCUT2D eigenvalue weighted by Gasteiger charge is 2.15. The molecule has 0 aromatic heterocycles. The minimum atomic E-state index is -0.337. The fraction of sp³-hybridized carbons (Fsp3) is 0.529. The molecule has 1 aliphatic carbocycles. The van der Waals surface area contributed by atoms with Crippen molar-refractivity contribution in [1.82, 2.24) is 5.32 Å². The average Bonchev–Trinajstić information content (AvgIpc) is 2.56. The van der Waals surface area contributed by atoms with Gasteiger partial charge in [0.05, 0.1) is 13.1 Å². The molecular weight excluding hydrogens is 310 g/mol. The summed E-state index contributed by atoms with van der Waals surface area (Å²) >= 11 is 1.94. The standard InChI is InChI=1S/C17H25N3O2S/c1-12-9-14(23-13-5-3-2-4-6-13)7-8-15(12)20-17(22)11-19-16(21)10-18/h7-9,13H,2-6,10-11,18H2,1H3,(H,19,21)(H,20,22). The number of rotatable bonds is 6. The Hall–Kier alpha value is -1.53. The largest absolute Gasteiger partial charge is 0.346 e. The van der Waals surface area contributed by atoms with E-state index in [2.05, 4.69) is 22.8 Å². The predicted molar refractivity (Wildman–Crippen MR) is 94.6 cm³/mol. The Labute approximate surface area is 141 Å². The molecule has 0 unspecified atom stereocenters. The van der Waals surface area contributed by atoms with Crippen LogP contribution in [0, 0.1) is 6.92 Å². The van der Waals surface area contributed by atoms with Gasteiger partial charge in [0.15, 0.2) is 0 Å². The van der Waals surface area contributed by atoms with E-state index in [1.54, 1.807) is 0 Å². The number of hydrogen-bond acceptors (Lipinski definition) is 4. The summed E-state index contributed by atoms with van der Waals surface area (Å²) in [5.41, 5.74) is 7.00. The normalized spacial score (nSPS) is 15.2. The molecule has 2 rings (SSSR count). The monoisotopic (exact) mass is 335 g/mol. The summed E-state index contributed by atoms with van der Waals surface area (Å²) in [4.78, 5) is 24.1. The first kappa shape index (κ1) is 17.8. The van der Waals surface area contributed by atoms with Crippen LogP contribution in [0.2, 0.25) is 0 Å². The number of anilines is 1. The van der Waals surface area contributed by atoms with Crippen molar-refractivity contribution < 1.29 is 9.59 Å². The van der Waals surface area contributed by atoms with Gasteiger partial charge >= 0.3 is 0 Å². The number of aryl methyl sites for hydroxylation is 1. The van der Waals surface area contributed by atoms with Gasteiger partial charge in [-0.1, -0.05) is 19.3 Å². The van der Waals surface area contributed by atoms with E-state index in [1.165, 1.54) is 37.0 Å². The van der Waals surface area contributed by atoms with E-state index < -0.39 is 0 Å². The summed E-state index contributed by atoms with van der Waals surface area (Å²) in [6, 6.07) is 6.11. The van der Waals surface area contributed by atoms with Crippen molar-refractivity contribution in [3.8, 4) is 0 Å². The van der Waals surface area contributed by atoms with Gasteiger partial charge in [0.25, 0.3) is 0 Å². The summed E-state index contributed by atoms with van der Waals surface area (Å²) in [5.74, 6) is -0.585. The van der Waals surface area contributed by atoms with Crippen LogP contribution in [-0.4, -0.2) is 30.2 Å². The van der Waals surface area contributed by atoms with Gasteiger partial charge < -0.3 is 16.4 Å². The number of nitrogens with one attached hydrogen (secondary N) is 2. The van der Waals surface area contributed by atoms with Crippen molar-refractivity contribution in [2.75, 3.05) is 18.4 Å². The summed E-state index contributed by atoms with van der Waals surface area (Å²) < 4.78 is 0. The van der Waals surface area contributed by atoms with E-state index in [-0.39, 0.29) is 24.9 Å². The summed E-state index contributed by atoms with van der Waals surface area (Å²) in [7, 11) is 0. The average molecular weight is 335 g/mol. The Morgan fingerprint density at radius 3 is 2.61 bits per heavy atom. The molecule has 0 bridgehead atoms. The molecular formula is C17H25N3O2S. The maximum atomic E-state index is 11.8. The highest BCUT2D eigenvalue weighted by Crippen LogP contribution is 2.34. The Bertz CT molecular complexity index is 557. The molecule has 0 atom stereocenters. The van der Waals surface area contributed by atoms with Crippen LogP contribution in [0.5, 0.6) is 0 Å². The molecule has 1 saturated carbocycles. The number of nitrogens with two attached hydrogens (primary N) is 1. The van der Waals surface area contributed by atoms with Crippen LogP contribution in [0.4, 0.5) is 5.69 Å². The molecule has 0 spiro atoms. The number of thioether (sulfide) groups is 1. The zero-order chi connectivity index (χ0) is 16.7. The van der Waals surface area contributed by atoms with Crippen LogP contribution in [0.15, 0.2) is 23.1 Å². The van der Waals surface area contributed by atoms with Crippen molar-refractivity contribution in [1.29, 1.82) is 0 Å². The quantitative estimate of drug-likeness (QED) is 0.745. The molecule has 126 valence electrons. The summed E-state index contributed by atoms with van der Waals surface area (Å²) in [6.07, 6.45) is 6.62. The highest BCUT2D eigenvalue weighted by atomic mass is 32.2. The van der Waals surface area contributed by atoms with Crippen LogP contribution in [0.25, 0.3) is 0 Å². The van der Waals surface area contributed by atoms with E-state index >= 15 is 0 Å². The number of carbonyl (C=O) groups is 2. The first-order valence-electron chi connectivity index (χ1n) is 8.12. The molecule has 1 aromatic carbocycles. The fourth-order valence-electron chi connectivity index (χ4n) is 2.67. The zero-order valence-corrected chi connectivity index (χ0v) is 14.4. The van der Waals surface area contributed by atoms with Crippen LogP contribution in [0.1, 0.15) is 37.7 Å². The number of hydrogen-bond donors (Lipinski definition) is 3. The third-order valence-corrected chi connectivity index (χ3v) is 5.29. The van der Waals surface area contributed by atoms with Crippen LogP contribution < -0.4 is 16.4 Å². The van der Waals surface area contributed by atoms with Gasteiger partial charge in [0, 0.05) is 15.8 Å². The van der Waals surface area contributed by atoms with Crippen LogP contribution in [-0.2, 0) is 9.59 Å². The third-order valence-electron chi connectivity index (χ3n) is 3.96. The van der Waals surface area contributed by atoms with Crippen molar-refractivity contribution >= 4 is 29.3 Å². The van der Waals surface area contributed by atoms with Crippen molar-refractivity contribution in [2.24, 2.45) is 5.73 Å². The van der Waals surface area contributed by atoms with E-state index in [4.69, 9.17) is 5.73 Å². The first-order chi connectivity index (χ1) is 11.1. The second kappa shape index (κ2) is 8.93. The lowest BCUT2D eigenvalue weighted by Gasteiger charge is -2.21. The maximum absolute atomic E-state index is 11.8. The van der Waals surface area contributed by atoms with E-state index in [0.29, 0.717) is 0 Å². The molecule has 23 heavy (non-hydrogen) atoms. The number of benzene rings is 1. The number of carbonyl (C=O) groups excluding carboxylic acids is 2. The molecule has 1 aliphatic rings. The van der Waals surface area contributed by atoms with Gasteiger partial charge in [-0.05, 0) is 43.5 Å². The summed E-state index contributed by atoms with van der Waals surface area (Å²) in [6.45, 7) is 1.81. The van der Waals surface area contributed by atoms with Gasteiger partial charge in [-0.25, -0.2) is 0 Å². The topological polar surface area (TPSA) is 84.2 Å².